The second kappa shape index (κ2) is 11.4. The summed E-state index contributed by atoms with van der Waals surface area (Å²) in [6.07, 6.45) is 4.69. The second-order valence-corrected chi connectivity index (χ2v) is 12.2. The fourth-order valence-electron chi connectivity index (χ4n) is 7.12. The zero-order valence-electron chi connectivity index (χ0n) is 24.5. The normalized spacial score (nSPS) is 22.3. The van der Waals surface area contributed by atoms with E-state index >= 15 is 0 Å². The van der Waals surface area contributed by atoms with Crippen LogP contribution in [0, 0.1) is 11.3 Å². The molecular formula is C33H45NO5. The third kappa shape index (κ3) is 5.14. The maximum absolute atomic E-state index is 14.0. The lowest BCUT2D eigenvalue weighted by Crippen LogP contribution is -2.63. The molecule has 0 amide bonds. The molecule has 0 N–H and O–H groups in total. The van der Waals surface area contributed by atoms with Crippen LogP contribution in [0.4, 0.5) is 0 Å². The van der Waals surface area contributed by atoms with Gasteiger partial charge in [0.05, 0.1) is 13.2 Å². The molecule has 0 aromatic heterocycles. The lowest BCUT2D eigenvalue weighted by molar-refractivity contribution is -0.345. The van der Waals surface area contributed by atoms with Gasteiger partial charge in [0.1, 0.15) is 5.60 Å². The Balaban J connectivity index is 2.05. The summed E-state index contributed by atoms with van der Waals surface area (Å²) in [5.74, 6) is -1.60. The van der Waals surface area contributed by atoms with Gasteiger partial charge in [-0.1, -0.05) is 67.1 Å². The van der Waals surface area contributed by atoms with Gasteiger partial charge < -0.3 is 9.47 Å². The van der Waals surface area contributed by atoms with Crippen LogP contribution >= 0.6 is 0 Å². The maximum atomic E-state index is 14.0. The van der Waals surface area contributed by atoms with Crippen molar-refractivity contribution in [2.75, 3.05) is 13.2 Å². The molecule has 1 atom stereocenters. The van der Waals surface area contributed by atoms with Gasteiger partial charge in [0, 0.05) is 17.0 Å². The Morgan fingerprint density at radius 2 is 1.23 bits per heavy atom. The van der Waals surface area contributed by atoms with Crippen LogP contribution in [0.15, 0.2) is 60.7 Å². The lowest BCUT2D eigenvalue weighted by Gasteiger charge is -2.57. The molecule has 0 unspecified atom stereocenters. The van der Waals surface area contributed by atoms with Crippen LogP contribution in [0.1, 0.15) is 91.2 Å². The number of benzene rings is 2. The van der Waals surface area contributed by atoms with Crippen molar-refractivity contribution in [1.82, 2.24) is 5.06 Å². The molecular weight excluding hydrogens is 490 g/mol. The van der Waals surface area contributed by atoms with Crippen LogP contribution < -0.4 is 0 Å². The van der Waals surface area contributed by atoms with Crippen LogP contribution in [-0.2, 0) is 29.5 Å². The number of hydrogen-bond acceptors (Lipinski definition) is 6. The topological polar surface area (TPSA) is 65.1 Å². The van der Waals surface area contributed by atoms with E-state index in [2.05, 4.69) is 57.0 Å². The first-order valence-corrected chi connectivity index (χ1v) is 14.5. The van der Waals surface area contributed by atoms with Crippen molar-refractivity contribution in [3.05, 3.63) is 71.8 Å². The van der Waals surface area contributed by atoms with E-state index in [9.17, 15) is 9.59 Å². The van der Waals surface area contributed by atoms with Crippen LogP contribution in [0.25, 0.3) is 0 Å². The summed E-state index contributed by atoms with van der Waals surface area (Å²) in [6.45, 7) is 12.8. The molecule has 1 aliphatic carbocycles. The number of carbonyl (C=O) groups excluding carboxylic acids is 2. The van der Waals surface area contributed by atoms with Gasteiger partial charge in [-0.05, 0) is 84.8 Å². The number of ether oxygens (including phenoxy) is 2. The van der Waals surface area contributed by atoms with E-state index in [-0.39, 0.29) is 24.3 Å². The fraction of sp³-hybridized carbons (Fsp3) is 0.576. The fourth-order valence-corrected chi connectivity index (χ4v) is 7.12. The third-order valence-corrected chi connectivity index (χ3v) is 8.75. The predicted molar refractivity (Wildman–Crippen MR) is 152 cm³/mol. The Morgan fingerprint density at radius 1 is 0.769 bits per heavy atom. The van der Waals surface area contributed by atoms with Gasteiger partial charge >= 0.3 is 11.9 Å². The first kappa shape index (κ1) is 29.3. The first-order valence-electron chi connectivity index (χ1n) is 14.5. The average Bonchev–Trinajstić information content (AvgIpc) is 3.36. The van der Waals surface area contributed by atoms with Crippen LogP contribution in [0.5, 0.6) is 0 Å². The van der Waals surface area contributed by atoms with Crippen molar-refractivity contribution < 1.29 is 23.9 Å². The van der Waals surface area contributed by atoms with Crippen molar-refractivity contribution in [1.29, 1.82) is 0 Å². The molecule has 212 valence electrons. The zero-order chi connectivity index (χ0) is 28.3. The predicted octanol–water partition coefficient (Wildman–Crippen LogP) is 6.82. The molecule has 6 heteroatoms. The highest BCUT2D eigenvalue weighted by atomic mass is 16.7. The number of carbonyl (C=O) groups is 2. The monoisotopic (exact) mass is 535 g/mol. The summed E-state index contributed by atoms with van der Waals surface area (Å²) < 4.78 is 11.3. The Morgan fingerprint density at radius 3 is 1.67 bits per heavy atom. The molecule has 0 spiro atoms. The Hall–Kier alpha value is -2.70. The molecule has 0 bridgehead atoms. The van der Waals surface area contributed by atoms with E-state index < -0.39 is 28.9 Å². The zero-order valence-corrected chi connectivity index (χ0v) is 24.5. The summed E-state index contributed by atoms with van der Waals surface area (Å²) in [7, 11) is 0. The number of hydrogen-bond donors (Lipinski definition) is 0. The van der Waals surface area contributed by atoms with Crippen molar-refractivity contribution >= 4 is 11.9 Å². The first-order chi connectivity index (χ1) is 18.6. The minimum absolute atomic E-state index is 0.184. The summed E-state index contributed by atoms with van der Waals surface area (Å²) >= 11 is 0. The van der Waals surface area contributed by atoms with Gasteiger partial charge in [0.15, 0.2) is 5.41 Å². The van der Waals surface area contributed by atoms with Gasteiger partial charge in [-0.2, -0.15) is 5.06 Å². The quantitative estimate of drug-likeness (QED) is 0.259. The van der Waals surface area contributed by atoms with Gasteiger partial charge in [0.2, 0.25) is 0 Å². The van der Waals surface area contributed by atoms with Gasteiger partial charge in [-0.3, -0.25) is 14.4 Å². The molecule has 2 fully saturated rings. The van der Waals surface area contributed by atoms with Crippen molar-refractivity contribution in [3.63, 3.8) is 0 Å². The summed E-state index contributed by atoms with van der Waals surface area (Å²) in [4.78, 5) is 35.4. The van der Waals surface area contributed by atoms with E-state index in [1.807, 2.05) is 36.4 Å². The Kier molecular flexibility index (Phi) is 8.58. The highest BCUT2D eigenvalue weighted by molar-refractivity contribution is 6.01. The smallest absolute Gasteiger partial charge is 0.323 e. The molecule has 2 aromatic rings. The summed E-state index contributed by atoms with van der Waals surface area (Å²) in [6, 6.07) is 20.1. The van der Waals surface area contributed by atoms with Gasteiger partial charge in [-0.15, -0.1) is 0 Å². The van der Waals surface area contributed by atoms with Gasteiger partial charge in [0.25, 0.3) is 0 Å². The summed E-state index contributed by atoms with van der Waals surface area (Å²) in [5, 5.41) is 2.16. The molecule has 1 heterocycles. The minimum Gasteiger partial charge on any atom is -0.465 e. The number of rotatable bonds is 9. The van der Waals surface area contributed by atoms with Crippen molar-refractivity contribution in [3.8, 4) is 0 Å². The highest BCUT2D eigenvalue weighted by Gasteiger charge is 2.66. The molecule has 1 saturated carbocycles. The van der Waals surface area contributed by atoms with Crippen LogP contribution in [0.3, 0.4) is 0 Å². The second-order valence-electron chi connectivity index (χ2n) is 12.2. The maximum Gasteiger partial charge on any atom is 0.323 e. The minimum atomic E-state index is -1.50. The van der Waals surface area contributed by atoms with Crippen molar-refractivity contribution in [2.45, 2.75) is 96.7 Å². The van der Waals surface area contributed by atoms with Crippen LogP contribution in [-0.4, -0.2) is 41.3 Å². The van der Waals surface area contributed by atoms with Crippen LogP contribution in [0.2, 0.25) is 0 Å². The van der Waals surface area contributed by atoms with E-state index in [4.69, 9.17) is 14.3 Å². The average molecular weight is 536 g/mol. The third-order valence-electron chi connectivity index (χ3n) is 8.75. The standard InChI is InChI=1S/C33H45NO5/c1-7-37-28(35)32(29(36)38-8-2)24-15-21-27(32)33(25-17-11-9-12-18-25,26-19-13-10-14-20-26)39-34-30(3,4)22-16-23-31(34,5)6/h9-14,17-20,27H,7-8,15-16,21-24H2,1-6H3/t27-/m0/s1. The molecule has 0 radical (unpaired) electrons. The van der Waals surface area contributed by atoms with Gasteiger partial charge in [-0.25, -0.2) is 0 Å². The molecule has 1 aliphatic heterocycles. The number of nitrogens with zero attached hydrogens (tertiary/aromatic N) is 1. The van der Waals surface area contributed by atoms with E-state index in [1.165, 1.54) is 0 Å². The lowest BCUT2D eigenvalue weighted by atomic mass is 9.64. The number of esters is 2. The molecule has 39 heavy (non-hydrogen) atoms. The Bertz CT molecular complexity index is 1050. The van der Waals surface area contributed by atoms with E-state index in [0.717, 1.165) is 30.4 Å². The molecule has 2 aromatic carbocycles. The van der Waals surface area contributed by atoms with E-state index in [1.54, 1.807) is 13.8 Å². The van der Waals surface area contributed by atoms with E-state index in [0.29, 0.717) is 19.3 Å². The highest BCUT2D eigenvalue weighted by Crippen LogP contribution is 2.59. The molecule has 6 nitrogen and oxygen atoms in total. The molecule has 4 rings (SSSR count). The van der Waals surface area contributed by atoms with Crippen molar-refractivity contribution in [2.24, 2.45) is 11.3 Å². The molecule has 1 saturated heterocycles. The molecule has 2 aliphatic rings. The largest absolute Gasteiger partial charge is 0.465 e. The summed E-state index contributed by atoms with van der Waals surface area (Å²) in [5.41, 5.74) is -1.39. The Labute approximate surface area is 234 Å². The number of hydroxylamine groups is 2. The SMILES string of the molecule is CCOC(=O)C1(C(=O)OCC)CCC[C@@H]1C(ON1C(C)(C)CCCC1(C)C)(c1ccccc1)c1ccccc1. The number of piperidine rings is 1.